The van der Waals surface area contributed by atoms with Gasteiger partial charge in [0.1, 0.15) is 5.60 Å². The Labute approximate surface area is 162 Å². The number of amides is 2. The van der Waals surface area contributed by atoms with Gasteiger partial charge in [-0.3, -0.25) is 14.7 Å². The smallest absolute Gasteiger partial charge is 0.410 e. The van der Waals surface area contributed by atoms with Crippen molar-refractivity contribution in [3.63, 3.8) is 0 Å². The van der Waals surface area contributed by atoms with Crippen LogP contribution in [0.2, 0.25) is 0 Å². The van der Waals surface area contributed by atoms with Crippen LogP contribution < -0.4 is 10.9 Å². The van der Waals surface area contributed by atoms with Gasteiger partial charge in [0.2, 0.25) is 0 Å². The fourth-order valence-electron chi connectivity index (χ4n) is 2.98. The Hall–Kier alpha value is -3.10. The molecule has 0 fully saturated rings. The van der Waals surface area contributed by atoms with Crippen LogP contribution in [-0.2, 0) is 24.2 Å². The van der Waals surface area contributed by atoms with E-state index in [9.17, 15) is 14.4 Å². The molecule has 2 amide bonds. The Kier molecular flexibility index (Phi) is 5.53. The van der Waals surface area contributed by atoms with Gasteiger partial charge in [0, 0.05) is 49.6 Å². The molecule has 0 atom stereocenters. The molecule has 0 aliphatic carbocycles. The number of ether oxygens (including phenoxy) is 1. The van der Waals surface area contributed by atoms with E-state index in [2.05, 4.69) is 15.5 Å². The monoisotopic (exact) mass is 387 g/mol. The Bertz CT molecular complexity index is 925. The third-order valence-corrected chi connectivity index (χ3v) is 4.34. The highest BCUT2D eigenvalue weighted by Gasteiger charge is 2.30. The number of nitrogens with zero attached hydrogens (tertiary/aromatic N) is 3. The predicted octanol–water partition coefficient (Wildman–Crippen LogP) is 1.29. The van der Waals surface area contributed by atoms with E-state index in [-0.39, 0.29) is 23.7 Å². The molecule has 2 aromatic rings. The number of rotatable bonds is 4. The second kappa shape index (κ2) is 7.87. The van der Waals surface area contributed by atoms with E-state index in [1.54, 1.807) is 23.2 Å². The van der Waals surface area contributed by atoms with Gasteiger partial charge in [-0.2, -0.15) is 5.10 Å². The first-order valence-electron chi connectivity index (χ1n) is 9.22. The summed E-state index contributed by atoms with van der Waals surface area (Å²) in [5.41, 5.74) is 1.12. The summed E-state index contributed by atoms with van der Waals surface area (Å²) >= 11 is 0. The van der Waals surface area contributed by atoms with Gasteiger partial charge < -0.3 is 19.5 Å². The topological polar surface area (TPSA) is 109 Å². The number of hydrogen-bond acceptors (Lipinski definition) is 5. The van der Waals surface area contributed by atoms with Crippen LogP contribution in [0, 0.1) is 0 Å². The fraction of sp³-hybridized carbons (Fsp3) is 0.474. The summed E-state index contributed by atoms with van der Waals surface area (Å²) in [6.07, 6.45) is 1.84. The number of fused-ring (bicyclic) bond motifs is 1. The number of pyridine rings is 1. The van der Waals surface area contributed by atoms with Gasteiger partial charge in [0.05, 0.1) is 6.54 Å². The minimum absolute atomic E-state index is 0.123. The third-order valence-electron chi connectivity index (χ3n) is 4.34. The quantitative estimate of drug-likeness (QED) is 0.822. The van der Waals surface area contributed by atoms with E-state index >= 15 is 0 Å². The highest BCUT2D eigenvalue weighted by Crippen LogP contribution is 2.22. The third kappa shape index (κ3) is 4.59. The zero-order valence-corrected chi connectivity index (χ0v) is 16.3. The minimum atomic E-state index is -0.580. The highest BCUT2D eigenvalue weighted by atomic mass is 16.6. The molecule has 0 unspecified atom stereocenters. The summed E-state index contributed by atoms with van der Waals surface area (Å²) in [5.74, 6) is -0.340. The van der Waals surface area contributed by atoms with Crippen molar-refractivity contribution in [2.45, 2.75) is 45.9 Å². The molecule has 0 aromatic carbocycles. The molecule has 0 saturated carbocycles. The summed E-state index contributed by atoms with van der Waals surface area (Å²) in [4.78, 5) is 38.1. The van der Waals surface area contributed by atoms with Crippen LogP contribution in [0.15, 0.2) is 29.2 Å². The molecule has 9 heteroatoms. The van der Waals surface area contributed by atoms with Crippen LogP contribution in [0.1, 0.15) is 42.5 Å². The lowest BCUT2D eigenvalue weighted by atomic mass is 10.1. The van der Waals surface area contributed by atoms with E-state index in [1.807, 2.05) is 20.8 Å². The molecule has 3 heterocycles. The van der Waals surface area contributed by atoms with E-state index in [0.717, 1.165) is 5.69 Å². The normalized spacial score (nSPS) is 13.8. The summed E-state index contributed by atoms with van der Waals surface area (Å²) < 4.78 is 6.94. The van der Waals surface area contributed by atoms with E-state index < -0.39 is 11.7 Å². The fourth-order valence-corrected chi connectivity index (χ4v) is 2.98. The van der Waals surface area contributed by atoms with Gasteiger partial charge in [-0.25, -0.2) is 4.79 Å². The molecule has 28 heavy (non-hydrogen) atoms. The van der Waals surface area contributed by atoms with Gasteiger partial charge in [0.25, 0.3) is 11.5 Å². The number of aromatic amines is 1. The lowest BCUT2D eigenvalue weighted by Crippen LogP contribution is -2.40. The molecule has 0 saturated heterocycles. The van der Waals surface area contributed by atoms with Crippen molar-refractivity contribution in [3.8, 4) is 0 Å². The number of nitrogens with one attached hydrogen (secondary N) is 2. The molecular formula is C19H25N5O4. The molecule has 1 aliphatic heterocycles. The van der Waals surface area contributed by atoms with Gasteiger partial charge >= 0.3 is 6.09 Å². The molecule has 150 valence electrons. The zero-order valence-electron chi connectivity index (χ0n) is 16.3. The van der Waals surface area contributed by atoms with Crippen LogP contribution in [0.4, 0.5) is 4.79 Å². The Balaban J connectivity index is 1.63. The Morgan fingerprint density at radius 3 is 2.82 bits per heavy atom. The van der Waals surface area contributed by atoms with E-state index in [1.165, 1.54) is 10.6 Å². The van der Waals surface area contributed by atoms with Crippen molar-refractivity contribution in [3.05, 3.63) is 51.7 Å². The largest absolute Gasteiger partial charge is 0.444 e. The van der Waals surface area contributed by atoms with Crippen molar-refractivity contribution >= 4 is 12.0 Å². The summed E-state index contributed by atoms with van der Waals surface area (Å²) in [6, 6.07) is 4.90. The van der Waals surface area contributed by atoms with Crippen LogP contribution >= 0.6 is 0 Å². The minimum Gasteiger partial charge on any atom is -0.444 e. The molecule has 2 N–H and O–H groups in total. The van der Waals surface area contributed by atoms with Gasteiger partial charge in [0.15, 0.2) is 5.69 Å². The second-order valence-corrected chi connectivity index (χ2v) is 7.67. The molecule has 0 spiro atoms. The number of carbonyl (C=O) groups is 2. The molecule has 0 radical (unpaired) electrons. The summed E-state index contributed by atoms with van der Waals surface area (Å²) in [5, 5.41) is 9.79. The molecule has 1 aliphatic rings. The van der Waals surface area contributed by atoms with Crippen LogP contribution in [0.3, 0.4) is 0 Å². The second-order valence-electron chi connectivity index (χ2n) is 7.67. The summed E-state index contributed by atoms with van der Waals surface area (Å²) in [7, 11) is 0. The molecule has 2 aromatic heterocycles. The molecular weight excluding hydrogens is 362 g/mol. The zero-order chi connectivity index (χ0) is 20.3. The van der Waals surface area contributed by atoms with Crippen molar-refractivity contribution in [2.75, 3.05) is 13.1 Å². The summed E-state index contributed by atoms with van der Waals surface area (Å²) in [6.45, 7) is 6.87. The number of carbonyl (C=O) groups excluding carboxylic acids is 2. The highest BCUT2D eigenvalue weighted by molar-refractivity contribution is 5.94. The number of hydrogen-bond donors (Lipinski definition) is 2. The van der Waals surface area contributed by atoms with E-state index in [0.29, 0.717) is 31.6 Å². The SMILES string of the molecule is CC(C)(C)OC(=O)N1CCc2[nH]nc(C(=O)NCCn3ccccc3=O)c2C1. The van der Waals surface area contributed by atoms with Crippen molar-refractivity contribution < 1.29 is 14.3 Å². The first kappa shape index (κ1) is 19.7. The van der Waals surface area contributed by atoms with Crippen LogP contribution in [0.5, 0.6) is 0 Å². The standard InChI is InChI=1S/C19H25N5O4/c1-19(2,3)28-18(27)24-10-7-14-13(12-24)16(22-21-14)17(26)20-8-11-23-9-5-4-6-15(23)25/h4-6,9H,7-8,10-12H2,1-3H3,(H,20,26)(H,21,22). The molecule has 0 bridgehead atoms. The van der Waals surface area contributed by atoms with Crippen LogP contribution in [0.25, 0.3) is 0 Å². The Morgan fingerprint density at radius 2 is 2.11 bits per heavy atom. The maximum absolute atomic E-state index is 12.5. The molecule has 3 rings (SSSR count). The van der Waals surface area contributed by atoms with Gasteiger partial charge in [-0.1, -0.05) is 6.07 Å². The average molecular weight is 387 g/mol. The maximum atomic E-state index is 12.5. The average Bonchev–Trinajstić information content (AvgIpc) is 3.05. The maximum Gasteiger partial charge on any atom is 0.410 e. The van der Waals surface area contributed by atoms with E-state index in [4.69, 9.17) is 4.74 Å². The number of H-pyrrole nitrogens is 1. The van der Waals surface area contributed by atoms with Crippen molar-refractivity contribution in [1.29, 1.82) is 0 Å². The van der Waals surface area contributed by atoms with Gasteiger partial charge in [-0.15, -0.1) is 0 Å². The van der Waals surface area contributed by atoms with Crippen LogP contribution in [-0.4, -0.2) is 50.4 Å². The van der Waals surface area contributed by atoms with Crippen molar-refractivity contribution in [1.82, 2.24) is 25.0 Å². The lowest BCUT2D eigenvalue weighted by Gasteiger charge is -2.30. The first-order valence-corrected chi connectivity index (χ1v) is 9.22. The first-order chi connectivity index (χ1) is 13.2. The van der Waals surface area contributed by atoms with Gasteiger partial charge in [-0.05, 0) is 26.8 Å². The number of aromatic nitrogens is 3. The lowest BCUT2D eigenvalue weighted by molar-refractivity contribution is 0.0222. The molecule has 9 nitrogen and oxygen atoms in total. The predicted molar refractivity (Wildman–Crippen MR) is 102 cm³/mol. The van der Waals surface area contributed by atoms with Crippen molar-refractivity contribution in [2.24, 2.45) is 0 Å². The Morgan fingerprint density at radius 1 is 1.32 bits per heavy atom.